The Hall–Kier alpha value is -0.970. The predicted octanol–water partition coefficient (Wildman–Crippen LogP) is 3.63. The van der Waals surface area contributed by atoms with Crippen LogP contribution in [0.2, 0.25) is 0 Å². The third-order valence-corrected chi connectivity index (χ3v) is 6.29. The van der Waals surface area contributed by atoms with Crippen molar-refractivity contribution in [2.24, 2.45) is 0 Å². The van der Waals surface area contributed by atoms with Gasteiger partial charge in [-0.2, -0.15) is 0 Å². The van der Waals surface area contributed by atoms with Crippen LogP contribution in [0.1, 0.15) is 5.56 Å². The van der Waals surface area contributed by atoms with E-state index in [0.717, 1.165) is 10.5 Å². The van der Waals surface area contributed by atoms with Crippen LogP contribution in [0.4, 0.5) is 0 Å². The number of hydrogen-bond acceptors (Lipinski definition) is 3. The van der Waals surface area contributed by atoms with E-state index in [-0.39, 0.29) is 11.0 Å². The van der Waals surface area contributed by atoms with E-state index in [9.17, 15) is 9.35 Å². The molecule has 0 saturated heterocycles. The number of allylic oxidation sites excluding steroid dienone is 2. The summed E-state index contributed by atoms with van der Waals surface area (Å²) in [6.45, 7) is 0. The molecule has 0 spiro atoms. The summed E-state index contributed by atoms with van der Waals surface area (Å²) < 4.78 is 10.2. The maximum Gasteiger partial charge on any atom is 0.177 e. The lowest BCUT2D eigenvalue weighted by Gasteiger charge is -2.35. The molecule has 1 heterocycles. The maximum atomic E-state index is 12.6. The summed E-state index contributed by atoms with van der Waals surface area (Å²) in [4.78, 5) is 14.8. The zero-order valence-corrected chi connectivity index (χ0v) is 12.6. The topological polar surface area (TPSA) is 37.3 Å². The molecule has 1 aromatic rings. The second-order valence-electron chi connectivity index (χ2n) is 5.22. The Morgan fingerprint density at radius 1 is 1.32 bits per heavy atom. The van der Waals surface area contributed by atoms with Crippen LogP contribution >= 0.6 is 22.1 Å². The van der Waals surface area contributed by atoms with Gasteiger partial charge in [-0.3, -0.25) is 4.79 Å². The molecule has 1 aliphatic heterocycles. The van der Waals surface area contributed by atoms with E-state index < -0.39 is 10.3 Å². The van der Waals surface area contributed by atoms with E-state index in [1.54, 1.807) is 24.3 Å². The molecule has 0 bridgehead atoms. The first-order chi connectivity index (χ1) is 8.97. The van der Waals surface area contributed by atoms with Crippen molar-refractivity contribution in [2.45, 2.75) is 16.6 Å². The van der Waals surface area contributed by atoms with Gasteiger partial charge in [0, 0.05) is 21.8 Å². The molecule has 1 atom stereocenters. The van der Waals surface area contributed by atoms with Gasteiger partial charge >= 0.3 is 0 Å². The summed E-state index contributed by atoms with van der Waals surface area (Å²) in [5.41, 5.74) is 2.07. The third-order valence-electron chi connectivity index (χ3n) is 3.46. The van der Waals surface area contributed by atoms with Gasteiger partial charge in [-0.25, -0.2) is 0 Å². The minimum atomic E-state index is -1.88. The average Bonchev–Trinajstić information content (AvgIpc) is 2.36. The van der Waals surface area contributed by atoms with E-state index in [1.807, 2.05) is 24.3 Å². The lowest BCUT2D eigenvalue weighted by atomic mass is 9.95. The predicted molar refractivity (Wildman–Crippen MR) is 83.0 cm³/mol. The average molecular weight is 292 g/mol. The van der Waals surface area contributed by atoms with E-state index in [2.05, 4.69) is 12.1 Å². The van der Waals surface area contributed by atoms with Gasteiger partial charge in [0.15, 0.2) is 5.78 Å². The zero-order chi connectivity index (χ0) is 13.6. The number of benzene rings is 1. The summed E-state index contributed by atoms with van der Waals surface area (Å²) >= 11 is 1.66. The standard InChI is InChI=1S/C15H16O2S2/c1-19(2,17)14-8-7-13-11(15(14)16)9-10-5-3-4-6-12(10)18-13/h3-8,14,17H,9H2,1-2H3. The molecule has 2 nitrogen and oxygen atoms in total. The minimum Gasteiger partial charge on any atom is -0.351 e. The number of fused-ring (bicyclic) bond motifs is 1. The normalized spacial score (nSPS) is 23.1. The number of carbonyl (C=O) groups is 1. The highest BCUT2D eigenvalue weighted by molar-refractivity contribution is 8.29. The molecule has 4 heteroatoms. The van der Waals surface area contributed by atoms with Crippen LogP contribution in [0.15, 0.2) is 51.8 Å². The first-order valence-corrected chi connectivity index (χ1v) is 9.41. The van der Waals surface area contributed by atoms with Gasteiger partial charge in [0.05, 0.1) is 5.25 Å². The van der Waals surface area contributed by atoms with Gasteiger partial charge in [0.2, 0.25) is 0 Å². The Balaban J connectivity index is 1.98. The van der Waals surface area contributed by atoms with Crippen LogP contribution in [-0.2, 0) is 11.2 Å². The fraction of sp³-hybridized carbons (Fsp3) is 0.267. The number of rotatable bonds is 1. The van der Waals surface area contributed by atoms with Crippen LogP contribution in [0.3, 0.4) is 0 Å². The second kappa shape index (κ2) is 4.54. The first-order valence-electron chi connectivity index (χ1n) is 6.13. The summed E-state index contributed by atoms with van der Waals surface area (Å²) in [7, 11) is -1.88. The van der Waals surface area contributed by atoms with Gasteiger partial charge in [0.1, 0.15) is 0 Å². The molecule has 2 aliphatic rings. The largest absolute Gasteiger partial charge is 0.351 e. The van der Waals surface area contributed by atoms with Crippen LogP contribution in [0.5, 0.6) is 0 Å². The third kappa shape index (κ3) is 2.29. The molecule has 3 rings (SSSR count). The van der Waals surface area contributed by atoms with Crippen molar-refractivity contribution in [3.05, 3.63) is 52.5 Å². The van der Waals surface area contributed by atoms with E-state index in [1.165, 1.54) is 10.5 Å². The molecule has 1 aromatic carbocycles. The number of Topliss-reactive ketones (excluding diaryl/α,β-unsaturated/α-hetero) is 1. The smallest absolute Gasteiger partial charge is 0.177 e. The zero-order valence-electron chi connectivity index (χ0n) is 10.9. The van der Waals surface area contributed by atoms with Crippen LogP contribution < -0.4 is 0 Å². The molecular weight excluding hydrogens is 276 g/mol. The Morgan fingerprint density at radius 2 is 2.05 bits per heavy atom. The second-order valence-corrected chi connectivity index (χ2v) is 9.52. The quantitative estimate of drug-likeness (QED) is 0.858. The molecule has 0 amide bonds. The van der Waals surface area contributed by atoms with Crippen molar-refractivity contribution < 1.29 is 9.35 Å². The Morgan fingerprint density at radius 3 is 2.79 bits per heavy atom. The lowest BCUT2D eigenvalue weighted by Crippen LogP contribution is -2.30. The maximum absolute atomic E-state index is 12.6. The van der Waals surface area contributed by atoms with Gasteiger partial charge in [-0.15, -0.1) is 10.3 Å². The SMILES string of the molecule is CS(C)(O)C1C=CC2=C(Cc3ccccc3S2)C1=O. The molecule has 1 aliphatic carbocycles. The highest BCUT2D eigenvalue weighted by Gasteiger charge is 2.35. The van der Waals surface area contributed by atoms with E-state index in [4.69, 9.17) is 0 Å². The van der Waals surface area contributed by atoms with Gasteiger partial charge in [-0.05, 0) is 24.1 Å². The molecule has 0 saturated carbocycles. The highest BCUT2D eigenvalue weighted by Crippen LogP contribution is 2.48. The molecule has 1 unspecified atom stereocenters. The summed E-state index contributed by atoms with van der Waals surface area (Å²) in [6, 6.07) is 8.20. The van der Waals surface area contributed by atoms with E-state index >= 15 is 0 Å². The van der Waals surface area contributed by atoms with Crippen molar-refractivity contribution >= 4 is 27.9 Å². The van der Waals surface area contributed by atoms with Crippen LogP contribution in [-0.4, -0.2) is 28.1 Å². The molecule has 0 fully saturated rings. The number of thioether (sulfide) groups is 1. The molecular formula is C15H16O2S2. The summed E-state index contributed by atoms with van der Waals surface area (Å²) in [6.07, 6.45) is 8.11. The van der Waals surface area contributed by atoms with Crippen LogP contribution in [0, 0.1) is 0 Å². The number of hydrogen-bond donors (Lipinski definition) is 1. The summed E-state index contributed by atoms with van der Waals surface area (Å²) in [5, 5.41) is -0.350. The molecule has 100 valence electrons. The van der Waals surface area contributed by atoms with Crippen molar-refractivity contribution in [3.8, 4) is 0 Å². The Kier molecular flexibility index (Phi) is 3.12. The fourth-order valence-electron chi connectivity index (χ4n) is 2.44. The Bertz CT molecular complexity index is 609. The number of carbonyl (C=O) groups excluding carboxylic acids is 1. The molecule has 1 N–H and O–H groups in total. The molecule has 0 radical (unpaired) electrons. The van der Waals surface area contributed by atoms with Gasteiger partial charge < -0.3 is 4.55 Å². The van der Waals surface area contributed by atoms with E-state index in [0.29, 0.717) is 6.42 Å². The first kappa shape index (κ1) is 13.0. The highest BCUT2D eigenvalue weighted by atomic mass is 32.3. The van der Waals surface area contributed by atoms with Gasteiger partial charge in [0.25, 0.3) is 0 Å². The lowest BCUT2D eigenvalue weighted by molar-refractivity contribution is -0.114. The molecule has 0 aromatic heterocycles. The number of ketones is 1. The molecule has 19 heavy (non-hydrogen) atoms. The van der Waals surface area contributed by atoms with Crippen molar-refractivity contribution in [3.63, 3.8) is 0 Å². The fourth-order valence-corrected chi connectivity index (χ4v) is 4.67. The minimum absolute atomic E-state index is 0.0991. The van der Waals surface area contributed by atoms with Crippen LogP contribution in [0.25, 0.3) is 0 Å². The van der Waals surface area contributed by atoms with Crippen molar-refractivity contribution in [1.29, 1.82) is 0 Å². The van der Waals surface area contributed by atoms with Gasteiger partial charge in [-0.1, -0.05) is 42.1 Å². The monoisotopic (exact) mass is 292 g/mol. The summed E-state index contributed by atoms with van der Waals surface area (Å²) in [5.74, 6) is 0.0991. The van der Waals surface area contributed by atoms with Crippen molar-refractivity contribution in [1.82, 2.24) is 0 Å². The Labute approximate surface area is 119 Å². The van der Waals surface area contributed by atoms with Crippen molar-refractivity contribution in [2.75, 3.05) is 12.5 Å².